The first-order valence-corrected chi connectivity index (χ1v) is 19.1. The number of H-pyrrole nitrogens is 3. The van der Waals surface area contributed by atoms with Crippen molar-refractivity contribution in [3.05, 3.63) is 148 Å². The lowest BCUT2D eigenvalue weighted by Crippen LogP contribution is -1.79. The van der Waals surface area contributed by atoms with Gasteiger partial charge < -0.3 is 15.0 Å². The Hall–Kier alpha value is -5.13. The molecule has 7 heterocycles. The second-order valence-corrected chi connectivity index (χ2v) is 14.6. The second kappa shape index (κ2) is 15.4. The van der Waals surface area contributed by atoms with Crippen LogP contribution in [0.3, 0.4) is 0 Å². The van der Waals surface area contributed by atoms with Gasteiger partial charge >= 0.3 is 0 Å². The molecule has 0 fully saturated rings. The van der Waals surface area contributed by atoms with Gasteiger partial charge in [-0.25, -0.2) is 15.0 Å². The lowest BCUT2D eigenvalue weighted by molar-refractivity contribution is 1.26. The van der Waals surface area contributed by atoms with Crippen LogP contribution in [0, 0.1) is 13.8 Å². The van der Waals surface area contributed by atoms with E-state index in [1.807, 2.05) is 48.7 Å². The molecule has 3 N–H and O–H groups in total. The Balaban J connectivity index is 0.000000116. The summed E-state index contributed by atoms with van der Waals surface area (Å²) in [5.74, 6) is 2.82. The lowest BCUT2D eigenvalue weighted by atomic mass is 10.2. The van der Waals surface area contributed by atoms with Crippen LogP contribution in [0.25, 0.3) is 65.9 Å². The van der Waals surface area contributed by atoms with Crippen LogP contribution < -0.4 is 0 Å². The summed E-state index contributed by atoms with van der Waals surface area (Å²) < 4.78 is 0. The molecule has 6 nitrogen and oxygen atoms in total. The molecule has 0 aliphatic carbocycles. The van der Waals surface area contributed by atoms with Gasteiger partial charge in [-0.2, -0.15) is 11.3 Å². The zero-order valence-electron chi connectivity index (χ0n) is 26.8. The summed E-state index contributed by atoms with van der Waals surface area (Å²) >= 11 is 6.83. The molecule has 49 heavy (non-hydrogen) atoms. The smallest absolute Gasteiger partial charge is 0.148 e. The average molecular weight is 713 g/mol. The van der Waals surface area contributed by atoms with Crippen LogP contribution in [-0.2, 0) is 0 Å². The fourth-order valence-corrected chi connectivity index (χ4v) is 7.99. The first-order chi connectivity index (χ1) is 24.1. The highest BCUT2D eigenvalue weighted by atomic mass is 32.1. The van der Waals surface area contributed by atoms with Crippen molar-refractivity contribution in [1.82, 2.24) is 29.9 Å². The van der Waals surface area contributed by atoms with Gasteiger partial charge in [0.05, 0.1) is 26.5 Å². The van der Waals surface area contributed by atoms with Crippen molar-refractivity contribution in [2.75, 3.05) is 0 Å². The van der Waals surface area contributed by atoms with Crippen LogP contribution >= 0.6 is 45.3 Å². The number of aromatic amines is 3. The van der Waals surface area contributed by atoms with Crippen molar-refractivity contribution in [2.24, 2.45) is 0 Å². The van der Waals surface area contributed by atoms with E-state index in [0.717, 1.165) is 57.1 Å². The van der Waals surface area contributed by atoms with E-state index in [-0.39, 0.29) is 0 Å². The van der Waals surface area contributed by atoms with E-state index in [0.29, 0.717) is 0 Å². The molecule has 0 atom stereocenters. The van der Waals surface area contributed by atoms with E-state index in [1.165, 1.54) is 20.2 Å². The highest BCUT2D eigenvalue weighted by molar-refractivity contribution is 7.14. The van der Waals surface area contributed by atoms with Gasteiger partial charge in [-0.15, -0.1) is 34.0 Å². The maximum atomic E-state index is 4.68. The van der Waals surface area contributed by atoms with E-state index in [1.54, 1.807) is 45.3 Å². The van der Waals surface area contributed by atoms with Crippen molar-refractivity contribution < 1.29 is 0 Å². The predicted octanol–water partition coefficient (Wildman–Crippen LogP) is 12.1. The lowest BCUT2D eigenvalue weighted by Gasteiger charge is -1.95. The third kappa shape index (κ3) is 7.79. The third-order valence-electron chi connectivity index (χ3n) is 7.54. The van der Waals surface area contributed by atoms with E-state index in [4.69, 9.17) is 0 Å². The van der Waals surface area contributed by atoms with Crippen molar-refractivity contribution >= 4 is 45.3 Å². The molecule has 242 valence electrons. The second-order valence-electron chi connectivity index (χ2n) is 10.9. The minimum atomic E-state index is 0.918. The summed E-state index contributed by atoms with van der Waals surface area (Å²) in [4.78, 5) is 27.4. The Morgan fingerprint density at radius 3 is 1.53 bits per heavy atom. The van der Waals surface area contributed by atoms with Crippen LogP contribution in [-0.4, -0.2) is 29.9 Å². The zero-order chi connectivity index (χ0) is 33.4. The molecule has 7 aromatic heterocycles. The fraction of sp³-hybridized carbons (Fsp3) is 0.0513. The molecule has 0 amide bonds. The van der Waals surface area contributed by atoms with Crippen LogP contribution in [0.2, 0.25) is 0 Å². The average Bonchev–Trinajstić information content (AvgIpc) is 3.98. The Morgan fingerprint density at radius 1 is 0.469 bits per heavy atom. The monoisotopic (exact) mass is 712 g/mol. The Bertz CT molecular complexity index is 2280. The van der Waals surface area contributed by atoms with Gasteiger partial charge in [0.1, 0.15) is 28.9 Å². The van der Waals surface area contributed by atoms with E-state index in [9.17, 15) is 0 Å². The van der Waals surface area contributed by atoms with Gasteiger partial charge in [-0.1, -0.05) is 78.9 Å². The predicted molar refractivity (Wildman–Crippen MR) is 209 cm³/mol. The molecule has 0 aliphatic rings. The van der Waals surface area contributed by atoms with Crippen LogP contribution in [0.1, 0.15) is 11.4 Å². The van der Waals surface area contributed by atoms with Gasteiger partial charge in [-0.05, 0) is 59.6 Å². The number of nitrogens with one attached hydrogen (secondary N) is 3. The summed E-state index contributed by atoms with van der Waals surface area (Å²) in [6.45, 7) is 4.13. The molecular formula is C39H32N6S4. The topological polar surface area (TPSA) is 86.0 Å². The molecule has 9 rings (SSSR count). The van der Waals surface area contributed by atoms with Crippen LogP contribution in [0.5, 0.6) is 0 Å². The van der Waals surface area contributed by atoms with Crippen LogP contribution in [0.4, 0.5) is 0 Å². The summed E-state index contributed by atoms with van der Waals surface area (Å²) in [6.07, 6.45) is 1.88. The third-order valence-corrected chi connectivity index (χ3v) is 10.8. The number of imidazole rings is 3. The summed E-state index contributed by atoms with van der Waals surface area (Å²) in [7, 11) is 0. The van der Waals surface area contributed by atoms with Crippen molar-refractivity contribution in [1.29, 1.82) is 0 Å². The van der Waals surface area contributed by atoms with Gasteiger partial charge in [0.25, 0.3) is 0 Å². The number of nitrogens with zero attached hydrogens (tertiary/aromatic N) is 3. The Morgan fingerprint density at radius 2 is 1.00 bits per heavy atom. The summed E-state index contributed by atoms with van der Waals surface area (Å²) in [6, 6.07) is 34.9. The first kappa shape index (κ1) is 32.4. The van der Waals surface area contributed by atoms with Crippen molar-refractivity contribution in [3.63, 3.8) is 0 Å². The van der Waals surface area contributed by atoms with Gasteiger partial charge in [0, 0.05) is 33.5 Å². The normalized spacial score (nSPS) is 10.7. The maximum absolute atomic E-state index is 4.68. The maximum Gasteiger partial charge on any atom is 0.148 e. The first-order valence-electron chi connectivity index (χ1n) is 15.6. The van der Waals surface area contributed by atoms with Gasteiger partial charge in [-0.3, -0.25) is 0 Å². The minimum Gasteiger partial charge on any atom is -0.342 e. The number of rotatable bonds is 6. The fourth-order valence-electron chi connectivity index (χ4n) is 5.12. The van der Waals surface area contributed by atoms with Gasteiger partial charge in [0.15, 0.2) is 0 Å². The SMILES string of the molecule is Cc1[nH]c(-c2ccccc2)nc1-c1cccs1.Cc1[nH]c(-c2cccs2)nc1-c1cccs1.c1ccc(-c2ncc(-c3ccsc3)[nH]2)cc1. The standard InChI is InChI=1S/C14H12N2S.C13H10N2S.C12H10N2S2/c1-10-13(12-8-5-9-17-12)16-14(15-10)11-6-3-2-4-7-11;1-2-4-10(5-3-1)13-14-8-12(15-13)11-6-7-16-9-11;1-8-11(9-4-2-6-15-9)14-12(13-8)10-5-3-7-16-10/h2-9H,1H3,(H,15,16);1-9H,(H,14,15);2-7H,1H3,(H,13,14). The molecule has 9 aromatic rings. The molecule has 2 aromatic carbocycles. The minimum absolute atomic E-state index is 0.918. The molecule has 0 aliphatic heterocycles. The number of hydrogen-bond donors (Lipinski definition) is 3. The quantitative estimate of drug-likeness (QED) is 0.160. The molecular weight excluding hydrogens is 681 g/mol. The zero-order valence-corrected chi connectivity index (χ0v) is 30.0. The Kier molecular flexibility index (Phi) is 10.2. The number of hydrogen-bond acceptors (Lipinski definition) is 7. The Labute approximate surface area is 300 Å². The molecule has 0 saturated heterocycles. The van der Waals surface area contributed by atoms with Crippen molar-refractivity contribution in [2.45, 2.75) is 13.8 Å². The number of benzene rings is 2. The van der Waals surface area contributed by atoms with E-state index >= 15 is 0 Å². The molecule has 0 saturated carbocycles. The van der Waals surface area contributed by atoms with Gasteiger partial charge in [0.2, 0.25) is 0 Å². The number of thiophene rings is 4. The van der Waals surface area contributed by atoms with E-state index in [2.05, 4.69) is 131 Å². The van der Waals surface area contributed by atoms with Crippen molar-refractivity contribution in [3.8, 4) is 65.9 Å². The largest absolute Gasteiger partial charge is 0.342 e. The highest BCUT2D eigenvalue weighted by Crippen LogP contribution is 2.31. The molecule has 0 bridgehead atoms. The molecule has 0 unspecified atom stereocenters. The molecule has 0 spiro atoms. The summed E-state index contributed by atoms with van der Waals surface area (Å²) in [5.41, 5.74) is 8.87. The number of aryl methyl sites for hydroxylation is 2. The number of aromatic nitrogens is 6. The molecule has 0 radical (unpaired) electrons. The molecule has 10 heteroatoms. The van der Waals surface area contributed by atoms with E-state index < -0.39 is 0 Å². The summed E-state index contributed by atoms with van der Waals surface area (Å²) in [5, 5.41) is 10.4. The highest BCUT2D eigenvalue weighted by Gasteiger charge is 2.12. The van der Waals surface area contributed by atoms with Crippen LogP contribution in [0.15, 0.2) is 136 Å².